The molecular formula is C16H24Cl3F3N2. The molecule has 1 heterocycles. The second kappa shape index (κ2) is 10.1. The molecule has 0 aliphatic carbocycles. The first-order valence-corrected chi connectivity index (χ1v) is 7.98. The van der Waals surface area contributed by atoms with Gasteiger partial charge in [0.05, 0.1) is 10.6 Å². The van der Waals surface area contributed by atoms with E-state index >= 15 is 0 Å². The number of nitrogens with one attached hydrogen (secondary N) is 1. The number of hydrogen-bond donors (Lipinski definition) is 1. The fourth-order valence-corrected chi connectivity index (χ4v) is 3.20. The standard InChI is InChI=1S/C16H22ClF3N2.2ClH/c1-11(2)9-15(22-7-5-21-6-8-22)12-3-4-13(14(17)10-12)16(18,19)20;;/h3-4,10-11,15,21H,5-9H2,1-2H3;2*1H/t15-;;/m1../s1. The summed E-state index contributed by atoms with van der Waals surface area (Å²) in [6, 6.07) is 4.28. The molecule has 8 heteroatoms. The van der Waals surface area contributed by atoms with Crippen molar-refractivity contribution in [2.75, 3.05) is 26.2 Å². The average molecular weight is 408 g/mol. The lowest BCUT2D eigenvalue weighted by atomic mass is 9.94. The average Bonchev–Trinajstić information content (AvgIpc) is 2.44. The summed E-state index contributed by atoms with van der Waals surface area (Å²) < 4.78 is 38.5. The fraction of sp³-hybridized carbons (Fsp3) is 0.625. The van der Waals surface area contributed by atoms with Crippen LogP contribution in [0, 0.1) is 5.92 Å². The van der Waals surface area contributed by atoms with Gasteiger partial charge in [0, 0.05) is 32.2 Å². The van der Waals surface area contributed by atoms with Crippen LogP contribution in [-0.4, -0.2) is 31.1 Å². The van der Waals surface area contributed by atoms with Gasteiger partial charge >= 0.3 is 6.18 Å². The Kier molecular flexibility index (Phi) is 9.99. The zero-order chi connectivity index (χ0) is 16.3. The first kappa shape index (κ1) is 23.8. The molecule has 1 aliphatic rings. The minimum Gasteiger partial charge on any atom is -0.314 e. The SMILES string of the molecule is CC(C)C[C@H](c1ccc(C(F)(F)F)c(Cl)c1)N1CCNCC1.Cl.Cl. The number of halogens is 6. The van der Waals surface area contributed by atoms with Gasteiger partial charge in [0.25, 0.3) is 0 Å². The Morgan fingerprint density at radius 2 is 1.75 bits per heavy atom. The van der Waals surface area contributed by atoms with E-state index in [1.54, 1.807) is 6.07 Å². The predicted molar refractivity (Wildman–Crippen MR) is 97.6 cm³/mol. The first-order valence-electron chi connectivity index (χ1n) is 7.60. The van der Waals surface area contributed by atoms with Crippen molar-refractivity contribution in [3.8, 4) is 0 Å². The third-order valence-corrected chi connectivity index (χ3v) is 4.28. The maximum atomic E-state index is 12.8. The van der Waals surface area contributed by atoms with E-state index in [2.05, 4.69) is 24.1 Å². The van der Waals surface area contributed by atoms with E-state index in [1.807, 2.05) is 0 Å². The zero-order valence-electron chi connectivity index (χ0n) is 13.7. The Morgan fingerprint density at radius 1 is 1.17 bits per heavy atom. The molecular weight excluding hydrogens is 384 g/mol. The summed E-state index contributed by atoms with van der Waals surface area (Å²) in [6.45, 7) is 7.86. The van der Waals surface area contributed by atoms with Crippen LogP contribution in [0.3, 0.4) is 0 Å². The van der Waals surface area contributed by atoms with Crippen molar-refractivity contribution in [2.24, 2.45) is 5.92 Å². The van der Waals surface area contributed by atoms with E-state index < -0.39 is 11.7 Å². The van der Waals surface area contributed by atoms with Crippen LogP contribution in [0.5, 0.6) is 0 Å². The molecule has 24 heavy (non-hydrogen) atoms. The third kappa shape index (κ3) is 6.26. The fourth-order valence-electron chi connectivity index (χ4n) is 2.90. The summed E-state index contributed by atoms with van der Waals surface area (Å²) in [7, 11) is 0. The maximum Gasteiger partial charge on any atom is 0.417 e. The van der Waals surface area contributed by atoms with Gasteiger partial charge in [-0.05, 0) is 30.0 Å². The smallest absolute Gasteiger partial charge is 0.314 e. The van der Waals surface area contributed by atoms with E-state index in [9.17, 15) is 13.2 Å². The minimum atomic E-state index is -4.40. The summed E-state index contributed by atoms with van der Waals surface area (Å²) in [4.78, 5) is 2.33. The van der Waals surface area contributed by atoms with Crippen molar-refractivity contribution in [1.29, 1.82) is 0 Å². The highest BCUT2D eigenvalue weighted by Gasteiger charge is 2.34. The van der Waals surface area contributed by atoms with Crippen molar-refractivity contribution >= 4 is 36.4 Å². The molecule has 1 fully saturated rings. The Morgan fingerprint density at radius 3 is 2.21 bits per heavy atom. The molecule has 1 N–H and O–H groups in total. The van der Waals surface area contributed by atoms with Gasteiger partial charge in [-0.2, -0.15) is 13.2 Å². The molecule has 1 aromatic rings. The number of alkyl halides is 3. The van der Waals surface area contributed by atoms with E-state index in [0.717, 1.165) is 44.2 Å². The predicted octanol–water partition coefficient (Wildman–Crippen LogP) is 5.19. The van der Waals surface area contributed by atoms with Crippen LogP contribution in [0.2, 0.25) is 5.02 Å². The van der Waals surface area contributed by atoms with Gasteiger partial charge in [0.1, 0.15) is 0 Å². The van der Waals surface area contributed by atoms with Crippen LogP contribution >= 0.6 is 36.4 Å². The van der Waals surface area contributed by atoms with Crippen LogP contribution in [0.1, 0.15) is 37.4 Å². The quantitative estimate of drug-likeness (QED) is 0.738. The number of nitrogens with zero attached hydrogens (tertiary/aromatic N) is 1. The maximum absolute atomic E-state index is 12.8. The normalized spacial score (nSPS) is 17.1. The lowest BCUT2D eigenvalue weighted by Crippen LogP contribution is -2.45. The molecule has 140 valence electrons. The highest BCUT2D eigenvalue weighted by atomic mass is 35.5. The molecule has 1 saturated heterocycles. The van der Waals surface area contributed by atoms with Crippen molar-refractivity contribution in [1.82, 2.24) is 10.2 Å². The van der Waals surface area contributed by atoms with Crippen LogP contribution in [0.4, 0.5) is 13.2 Å². The molecule has 2 nitrogen and oxygen atoms in total. The van der Waals surface area contributed by atoms with Gasteiger partial charge < -0.3 is 5.32 Å². The molecule has 1 aliphatic heterocycles. The van der Waals surface area contributed by atoms with Gasteiger partial charge in [0.15, 0.2) is 0 Å². The first-order chi connectivity index (χ1) is 10.3. The molecule has 1 atom stereocenters. The van der Waals surface area contributed by atoms with E-state index in [-0.39, 0.29) is 35.9 Å². The molecule has 1 aromatic carbocycles. The molecule has 0 amide bonds. The van der Waals surface area contributed by atoms with Gasteiger partial charge in [0.2, 0.25) is 0 Å². The number of piperazine rings is 1. The number of benzene rings is 1. The van der Waals surface area contributed by atoms with Crippen LogP contribution in [0.15, 0.2) is 18.2 Å². The van der Waals surface area contributed by atoms with Crippen molar-refractivity contribution in [3.05, 3.63) is 34.3 Å². The zero-order valence-corrected chi connectivity index (χ0v) is 16.1. The summed E-state index contributed by atoms with van der Waals surface area (Å²) in [5, 5.41) is 3.08. The molecule has 0 bridgehead atoms. The topological polar surface area (TPSA) is 15.3 Å². The van der Waals surface area contributed by atoms with Gasteiger partial charge in [-0.3, -0.25) is 4.90 Å². The van der Waals surface area contributed by atoms with E-state index in [0.29, 0.717) is 5.92 Å². The Labute approximate surface area is 158 Å². The second-order valence-electron chi connectivity index (χ2n) is 6.17. The largest absolute Gasteiger partial charge is 0.417 e. The Balaban J connectivity index is 0.00000264. The minimum absolute atomic E-state index is 0. The molecule has 0 saturated carbocycles. The van der Waals surface area contributed by atoms with Crippen molar-refractivity contribution < 1.29 is 13.2 Å². The summed E-state index contributed by atoms with van der Waals surface area (Å²) in [5.41, 5.74) is 0.107. The number of hydrogen-bond acceptors (Lipinski definition) is 2. The Hall–Kier alpha value is -0.200. The summed E-state index contributed by atoms with van der Waals surface area (Å²) in [5.74, 6) is 0.459. The van der Waals surface area contributed by atoms with Crippen molar-refractivity contribution in [3.63, 3.8) is 0 Å². The van der Waals surface area contributed by atoms with Crippen LogP contribution in [0.25, 0.3) is 0 Å². The molecule has 0 aromatic heterocycles. The summed E-state index contributed by atoms with van der Waals surface area (Å²) in [6.07, 6.45) is -3.50. The van der Waals surface area contributed by atoms with Crippen LogP contribution < -0.4 is 5.32 Å². The van der Waals surface area contributed by atoms with E-state index in [1.165, 1.54) is 6.07 Å². The number of rotatable bonds is 4. The van der Waals surface area contributed by atoms with Crippen molar-refractivity contribution in [2.45, 2.75) is 32.5 Å². The summed E-state index contributed by atoms with van der Waals surface area (Å²) >= 11 is 5.88. The monoisotopic (exact) mass is 406 g/mol. The molecule has 2 rings (SSSR count). The molecule has 0 unspecified atom stereocenters. The lowest BCUT2D eigenvalue weighted by Gasteiger charge is -2.36. The molecule has 0 spiro atoms. The highest BCUT2D eigenvalue weighted by Crippen LogP contribution is 2.37. The van der Waals surface area contributed by atoms with Gasteiger partial charge in [-0.25, -0.2) is 0 Å². The second-order valence-corrected chi connectivity index (χ2v) is 6.58. The van der Waals surface area contributed by atoms with Gasteiger partial charge in [-0.15, -0.1) is 24.8 Å². The van der Waals surface area contributed by atoms with E-state index in [4.69, 9.17) is 11.6 Å². The Bertz CT molecular complexity index is 504. The third-order valence-electron chi connectivity index (χ3n) is 3.97. The lowest BCUT2D eigenvalue weighted by molar-refractivity contribution is -0.137. The van der Waals surface area contributed by atoms with Gasteiger partial charge in [-0.1, -0.05) is 31.5 Å². The molecule has 0 radical (unpaired) electrons. The van der Waals surface area contributed by atoms with Crippen LogP contribution in [-0.2, 0) is 6.18 Å². The highest BCUT2D eigenvalue weighted by molar-refractivity contribution is 6.31.